The molecule has 2 rings (SSSR count). The topological polar surface area (TPSA) is 32.3 Å². The third-order valence-electron chi connectivity index (χ3n) is 3.29. The molecule has 0 atom stereocenters. The number of nitrogens with one attached hydrogen (secondary N) is 1. The van der Waals surface area contributed by atoms with Crippen LogP contribution in [-0.2, 0) is 4.79 Å². The van der Waals surface area contributed by atoms with E-state index in [2.05, 4.69) is 10.2 Å². The molecule has 2 aliphatic rings. The van der Waals surface area contributed by atoms with Gasteiger partial charge in [-0.05, 0) is 38.8 Å². The van der Waals surface area contributed by atoms with Crippen LogP contribution >= 0.6 is 0 Å². The molecule has 0 spiro atoms. The highest BCUT2D eigenvalue weighted by Crippen LogP contribution is 2.17. The van der Waals surface area contributed by atoms with Crippen molar-refractivity contribution in [2.75, 3.05) is 19.6 Å². The summed E-state index contributed by atoms with van der Waals surface area (Å²) in [4.78, 5) is 13.9. The number of hydrogen-bond acceptors (Lipinski definition) is 2. The van der Waals surface area contributed by atoms with Gasteiger partial charge in [-0.15, -0.1) is 0 Å². The molecule has 3 heteroatoms. The van der Waals surface area contributed by atoms with Gasteiger partial charge < -0.3 is 5.32 Å². The maximum atomic E-state index is 11.6. The van der Waals surface area contributed by atoms with Crippen molar-refractivity contribution in [2.24, 2.45) is 0 Å². The zero-order chi connectivity index (χ0) is 9.80. The first-order chi connectivity index (χ1) is 6.84. The molecule has 1 amide bonds. The maximum Gasteiger partial charge on any atom is 0.234 e. The van der Waals surface area contributed by atoms with Crippen molar-refractivity contribution in [2.45, 2.75) is 44.6 Å². The van der Waals surface area contributed by atoms with E-state index < -0.39 is 0 Å². The van der Waals surface area contributed by atoms with Crippen LogP contribution in [0.4, 0.5) is 0 Å². The number of amides is 1. The Balaban J connectivity index is 1.66. The first-order valence-corrected chi connectivity index (χ1v) is 5.86. The Morgan fingerprint density at radius 1 is 1.14 bits per heavy atom. The summed E-state index contributed by atoms with van der Waals surface area (Å²) in [5.41, 5.74) is 0. The van der Waals surface area contributed by atoms with Crippen molar-refractivity contribution in [1.82, 2.24) is 10.2 Å². The molecule has 0 aromatic carbocycles. The summed E-state index contributed by atoms with van der Waals surface area (Å²) in [5, 5.41) is 3.13. The third-order valence-corrected chi connectivity index (χ3v) is 3.29. The summed E-state index contributed by atoms with van der Waals surface area (Å²) >= 11 is 0. The monoisotopic (exact) mass is 196 g/mol. The Morgan fingerprint density at radius 3 is 2.43 bits per heavy atom. The van der Waals surface area contributed by atoms with E-state index in [1.807, 2.05) is 0 Å². The lowest BCUT2D eigenvalue weighted by Crippen LogP contribution is -2.40. The zero-order valence-corrected chi connectivity index (χ0v) is 8.80. The molecule has 0 bridgehead atoms. The molecule has 1 N–H and O–H groups in total. The van der Waals surface area contributed by atoms with E-state index in [0.717, 1.165) is 13.1 Å². The Kier molecular flexibility index (Phi) is 3.40. The van der Waals surface area contributed by atoms with Gasteiger partial charge in [-0.1, -0.05) is 12.8 Å². The summed E-state index contributed by atoms with van der Waals surface area (Å²) in [7, 11) is 0. The molecule has 0 unspecified atom stereocenters. The van der Waals surface area contributed by atoms with Crippen LogP contribution in [0.3, 0.4) is 0 Å². The predicted octanol–water partition coefficient (Wildman–Crippen LogP) is 1.14. The van der Waals surface area contributed by atoms with Crippen molar-refractivity contribution in [3.63, 3.8) is 0 Å². The summed E-state index contributed by atoms with van der Waals surface area (Å²) in [6.45, 7) is 2.84. The molecule has 1 saturated carbocycles. The lowest BCUT2D eigenvalue weighted by atomic mass is 10.2. The average molecular weight is 196 g/mol. The fourth-order valence-corrected chi connectivity index (χ4v) is 2.49. The molecule has 3 nitrogen and oxygen atoms in total. The molecule has 0 radical (unpaired) electrons. The molecule has 1 heterocycles. The number of rotatable bonds is 3. The largest absolute Gasteiger partial charge is 0.352 e. The van der Waals surface area contributed by atoms with Gasteiger partial charge in [-0.25, -0.2) is 0 Å². The summed E-state index contributed by atoms with van der Waals surface area (Å²) in [6.07, 6.45) is 7.47. The lowest BCUT2D eigenvalue weighted by Gasteiger charge is -2.17. The quantitative estimate of drug-likeness (QED) is 0.734. The van der Waals surface area contributed by atoms with E-state index in [9.17, 15) is 4.79 Å². The number of likely N-dealkylation sites (tertiary alicyclic amines) is 1. The molecule has 80 valence electrons. The maximum absolute atomic E-state index is 11.6. The van der Waals surface area contributed by atoms with Crippen molar-refractivity contribution >= 4 is 5.91 Å². The van der Waals surface area contributed by atoms with Crippen LogP contribution in [0.2, 0.25) is 0 Å². The van der Waals surface area contributed by atoms with Crippen molar-refractivity contribution in [3.8, 4) is 0 Å². The van der Waals surface area contributed by atoms with Gasteiger partial charge >= 0.3 is 0 Å². The van der Waals surface area contributed by atoms with E-state index in [1.165, 1.54) is 38.5 Å². The van der Waals surface area contributed by atoms with E-state index in [0.29, 0.717) is 12.6 Å². The summed E-state index contributed by atoms with van der Waals surface area (Å²) in [6, 6.07) is 0.477. The Hall–Kier alpha value is -0.570. The second-order valence-corrected chi connectivity index (χ2v) is 4.53. The number of hydrogen-bond donors (Lipinski definition) is 1. The molecule has 14 heavy (non-hydrogen) atoms. The van der Waals surface area contributed by atoms with Crippen LogP contribution < -0.4 is 5.32 Å². The highest BCUT2D eigenvalue weighted by Gasteiger charge is 2.19. The van der Waals surface area contributed by atoms with E-state index >= 15 is 0 Å². The van der Waals surface area contributed by atoms with Gasteiger partial charge in [0.05, 0.1) is 6.54 Å². The van der Waals surface area contributed by atoms with Crippen LogP contribution in [0, 0.1) is 0 Å². The number of carbonyl (C=O) groups is 1. The number of carbonyl (C=O) groups excluding carboxylic acids is 1. The van der Waals surface area contributed by atoms with Crippen LogP contribution in [0.5, 0.6) is 0 Å². The minimum absolute atomic E-state index is 0.235. The first-order valence-electron chi connectivity index (χ1n) is 5.86. The SMILES string of the molecule is O=C(CN1CCCC1)NC1CCCC1. The standard InChI is InChI=1S/C11H20N2O/c14-11(9-13-7-3-4-8-13)12-10-5-1-2-6-10/h10H,1-9H2,(H,12,14). The molecular weight excluding hydrogens is 176 g/mol. The molecule has 1 aliphatic carbocycles. The number of nitrogens with zero attached hydrogens (tertiary/aromatic N) is 1. The van der Waals surface area contributed by atoms with Crippen LogP contribution in [-0.4, -0.2) is 36.5 Å². The fraction of sp³-hybridized carbons (Fsp3) is 0.909. The van der Waals surface area contributed by atoms with Gasteiger partial charge in [0.25, 0.3) is 0 Å². The van der Waals surface area contributed by atoms with Crippen molar-refractivity contribution in [1.29, 1.82) is 0 Å². The molecule has 1 aliphatic heterocycles. The highest BCUT2D eigenvalue weighted by molar-refractivity contribution is 5.78. The smallest absolute Gasteiger partial charge is 0.234 e. The Labute approximate surface area is 85.8 Å². The summed E-state index contributed by atoms with van der Waals surface area (Å²) in [5.74, 6) is 0.235. The van der Waals surface area contributed by atoms with Gasteiger partial charge in [0.1, 0.15) is 0 Å². The van der Waals surface area contributed by atoms with Crippen molar-refractivity contribution in [3.05, 3.63) is 0 Å². The predicted molar refractivity (Wildman–Crippen MR) is 56.1 cm³/mol. The zero-order valence-electron chi connectivity index (χ0n) is 8.80. The van der Waals surface area contributed by atoms with E-state index in [-0.39, 0.29) is 5.91 Å². The average Bonchev–Trinajstić information content (AvgIpc) is 2.76. The van der Waals surface area contributed by atoms with Gasteiger partial charge in [0, 0.05) is 6.04 Å². The van der Waals surface area contributed by atoms with E-state index in [4.69, 9.17) is 0 Å². The second kappa shape index (κ2) is 4.78. The minimum Gasteiger partial charge on any atom is -0.352 e. The minimum atomic E-state index is 0.235. The molecule has 0 aromatic rings. The van der Waals surface area contributed by atoms with Crippen LogP contribution in [0.25, 0.3) is 0 Å². The van der Waals surface area contributed by atoms with Gasteiger partial charge in [0.15, 0.2) is 0 Å². The lowest BCUT2D eigenvalue weighted by molar-refractivity contribution is -0.122. The molecule has 0 aromatic heterocycles. The molecule has 2 fully saturated rings. The molecular formula is C11H20N2O. The van der Waals surface area contributed by atoms with Gasteiger partial charge in [-0.3, -0.25) is 9.69 Å². The molecule has 1 saturated heterocycles. The second-order valence-electron chi connectivity index (χ2n) is 4.53. The third kappa shape index (κ3) is 2.71. The summed E-state index contributed by atoms with van der Waals surface area (Å²) < 4.78 is 0. The highest BCUT2D eigenvalue weighted by atomic mass is 16.2. The Morgan fingerprint density at radius 2 is 1.79 bits per heavy atom. The van der Waals surface area contributed by atoms with Crippen LogP contribution in [0.1, 0.15) is 38.5 Å². The Bertz CT molecular complexity index is 173. The fourth-order valence-electron chi connectivity index (χ4n) is 2.49. The normalized spacial score (nSPS) is 24.3. The van der Waals surface area contributed by atoms with Crippen LogP contribution in [0.15, 0.2) is 0 Å². The van der Waals surface area contributed by atoms with E-state index in [1.54, 1.807) is 0 Å². The van der Waals surface area contributed by atoms with Crippen molar-refractivity contribution < 1.29 is 4.79 Å². The first kappa shape index (κ1) is 9.97. The van der Waals surface area contributed by atoms with Gasteiger partial charge in [0.2, 0.25) is 5.91 Å². The van der Waals surface area contributed by atoms with Gasteiger partial charge in [-0.2, -0.15) is 0 Å².